The van der Waals surface area contributed by atoms with Gasteiger partial charge in [-0.25, -0.2) is 4.98 Å². The molecule has 0 aliphatic heterocycles. The summed E-state index contributed by atoms with van der Waals surface area (Å²) in [7, 11) is 0. The van der Waals surface area contributed by atoms with Crippen LogP contribution in [0, 0.1) is 10.1 Å². The number of H-pyrrole nitrogens is 1. The SMILES string of the molecule is O=[N+]([O-])c1ccc(-c2cc3c(Cl)nc(Cl)nc3[nH]2)cc1. The zero-order valence-electron chi connectivity index (χ0n) is 9.80. The zero-order valence-corrected chi connectivity index (χ0v) is 11.3. The van der Waals surface area contributed by atoms with Crippen LogP contribution in [-0.2, 0) is 0 Å². The third-order valence-electron chi connectivity index (χ3n) is 2.80. The van der Waals surface area contributed by atoms with Gasteiger partial charge in [-0.3, -0.25) is 10.1 Å². The van der Waals surface area contributed by atoms with Crippen LogP contribution < -0.4 is 0 Å². The molecule has 0 aliphatic rings. The fourth-order valence-electron chi connectivity index (χ4n) is 1.87. The number of non-ortho nitro benzene ring substituents is 1. The van der Waals surface area contributed by atoms with E-state index in [1.807, 2.05) is 0 Å². The van der Waals surface area contributed by atoms with Crippen LogP contribution in [0.15, 0.2) is 30.3 Å². The van der Waals surface area contributed by atoms with E-state index in [0.717, 1.165) is 11.3 Å². The number of nitro groups is 1. The average molecular weight is 309 g/mol. The molecule has 0 bridgehead atoms. The molecule has 0 amide bonds. The Bertz CT molecular complexity index is 814. The van der Waals surface area contributed by atoms with Gasteiger partial charge in [0, 0.05) is 17.8 Å². The Labute approximate surface area is 122 Å². The second-order valence-electron chi connectivity index (χ2n) is 4.03. The highest BCUT2D eigenvalue weighted by molar-refractivity contribution is 6.35. The first-order valence-corrected chi connectivity index (χ1v) is 6.27. The van der Waals surface area contributed by atoms with Gasteiger partial charge in [-0.1, -0.05) is 11.6 Å². The molecule has 0 spiro atoms. The number of nitro benzene ring substituents is 1. The molecule has 0 unspecified atom stereocenters. The number of aromatic nitrogens is 3. The van der Waals surface area contributed by atoms with Gasteiger partial charge in [0.05, 0.1) is 10.3 Å². The molecule has 0 radical (unpaired) electrons. The summed E-state index contributed by atoms with van der Waals surface area (Å²) in [4.78, 5) is 21.1. The molecule has 3 rings (SSSR count). The second-order valence-corrected chi connectivity index (χ2v) is 4.73. The van der Waals surface area contributed by atoms with Crippen molar-refractivity contribution in [3.63, 3.8) is 0 Å². The summed E-state index contributed by atoms with van der Waals surface area (Å²) in [6, 6.07) is 7.93. The fourth-order valence-corrected chi connectivity index (χ4v) is 2.30. The number of halogens is 2. The van der Waals surface area contributed by atoms with Gasteiger partial charge < -0.3 is 4.98 Å². The molecule has 100 valence electrons. The van der Waals surface area contributed by atoms with Gasteiger partial charge in [0.15, 0.2) is 0 Å². The molecule has 3 aromatic rings. The zero-order chi connectivity index (χ0) is 14.3. The molecular weight excluding hydrogens is 303 g/mol. The van der Waals surface area contributed by atoms with Crippen LogP contribution in [-0.4, -0.2) is 19.9 Å². The third kappa shape index (κ3) is 2.19. The maximum atomic E-state index is 10.6. The van der Waals surface area contributed by atoms with Crippen LogP contribution in [0.2, 0.25) is 10.4 Å². The summed E-state index contributed by atoms with van der Waals surface area (Å²) >= 11 is 11.7. The first-order chi connectivity index (χ1) is 9.54. The van der Waals surface area contributed by atoms with E-state index in [0.29, 0.717) is 11.0 Å². The van der Waals surface area contributed by atoms with E-state index in [2.05, 4.69) is 15.0 Å². The molecule has 0 atom stereocenters. The van der Waals surface area contributed by atoms with Crippen LogP contribution in [0.3, 0.4) is 0 Å². The molecule has 2 aromatic heterocycles. The van der Waals surface area contributed by atoms with Crippen molar-refractivity contribution in [2.75, 3.05) is 0 Å². The van der Waals surface area contributed by atoms with Crippen molar-refractivity contribution < 1.29 is 4.92 Å². The number of nitrogens with one attached hydrogen (secondary N) is 1. The van der Waals surface area contributed by atoms with E-state index in [9.17, 15) is 10.1 Å². The molecule has 6 nitrogen and oxygen atoms in total. The monoisotopic (exact) mass is 308 g/mol. The third-order valence-corrected chi connectivity index (χ3v) is 3.26. The van der Waals surface area contributed by atoms with Crippen LogP contribution in [0.1, 0.15) is 0 Å². The summed E-state index contributed by atoms with van der Waals surface area (Å²) in [5, 5.41) is 11.6. The Morgan fingerprint density at radius 3 is 2.50 bits per heavy atom. The molecular formula is C12H6Cl2N4O2. The maximum Gasteiger partial charge on any atom is 0.269 e. The van der Waals surface area contributed by atoms with Crippen LogP contribution >= 0.6 is 23.2 Å². The minimum absolute atomic E-state index is 0.0331. The summed E-state index contributed by atoms with van der Waals surface area (Å²) in [5.41, 5.74) is 2.06. The number of hydrogen-bond acceptors (Lipinski definition) is 4. The quantitative estimate of drug-likeness (QED) is 0.337. The molecule has 0 saturated heterocycles. The first kappa shape index (κ1) is 12.8. The largest absolute Gasteiger partial charge is 0.339 e. The molecule has 8 heteroatoms. The Kier molecular flexibility index (Phi) is 3.04. The predicted octanol–water partition coefficient (Wildman–Crippen LogP) is 3.84. The van der Waals surface area contributed by atoms with Crippen molar-refractivity contribution in [3.05, 3.63) is 50.9 Å². The van der Waals surface area contributed by atoms with E-state index >= 15 is 0 Å². The fraction of sp³-hybridized carbons (Fsp3) is 0. The number of nitrogens with zero attached hydrogens (tertiary/aromatic N) is 3. The molecule has 0 fully saturated rings. The van der Waals surface area contributed by atoms with E-state index in [1.165, 1.54) is 12.1 Å². The smallest absolute Gasteiger partial charge is 0.269 e. The van der Waals surface area contributed by atoms with Crippen molar-refractivity contribution in [1.82, 2.24) is 15.0 Å². The van der Waals surface area contributed by atoms with Crippen LogP contribution in [0.25, 0.3) is 22.3 Å². The highest BCUT2D eigenvalue weighted by Gasteiger charge is 2.11. The molecule has 1 aromatic carbocycles. The molecule has 0 aliphatic carbocycles. The Hall–Kier alpha value is -2.18. The highest BCUT2D eigenvalue weighted by atomic mass is 35.5. The lowest BCUT2D eigenvalue weighted by molar-refractivity contribution is -0.384. The number of benzene rings is 1. The Morgan fingerprint density at radius 2 is 1.85 bits per heavy atom. The summed E-state index contributed by atoms with van der Waals surface area (Å²) in [6.45, 7) is 0. The van der Waals surface area contributed by atoms with Crippen molar-refractivity contribution in [2.45, 2.75) is 0 Å². The van der Waals surface area contributed by atoms with Gasteiger partial charge in [-0.2, -0.15) is 4.98 Å². The van der Waals surface area contributed by atoms with Gasteiger partial charge in [0.1, 0.15) is 10.8 Å². The van der Waals surface area contributed by atoms with Gasteiger partial charge >= 0.3 is 0 Å². The Morgan fingerprint density at radius 1 is 1.15 bits per heavy atom. The van der Waals surface area contributed by atoms with E-state index in [-0.39, 0.29) is 16.1 Å². The second kappa shape index (κ2) is 4.73. The molecule has 1 N–H and O–H groups in total. The molecule has 2 heterocycles. The van der Waals surface area contributed by atoms with Gasteiger partial charge in [-0.15, -0.1) is 0 Å². The minimum Gasteiger partial charge on any atom is -0.339 e. The van der Waals surface area contributed by atoms with E-state index in [1.54, 1.807) is 18.2 Å². The number of rotatable bonds is 2. The van der Waals surface area contributed by atoms with Gasteiger partial charge in [-0.05, 0) is 35.4 Å². The number of fused-ring (bicyclic) bond motifs is 1. The lowest BCUT2D eigenvalue weighted by Crippen LogP contribution is -1.87. The summed E-state index contributed by atoms with van der Waals surface area (Å²) in [6.07, 6.45) is 0. The lowest BCUT2D eigenvalue weighted by atomic mass is 10.1. The van der Waals surface area contributed by atoms with Crippen molar-refractivity contribution in [2.24, 2.45) is 0 Å². The van der Waals surface area contributed by atoms with Crippen LogP contribution in [0.4, 0.5) is 5.69 Å². The van der Waals surface area contributed by atoms with Crippen LogP contribution in [0.5, 0.6) is 0 Å². The topological polar surface area (TPSA) is 84.7 Å². The van der Waals surface area contributed by atoms with Crippen molar-refractivity contribution in [3.8, 4) is 11.3 Å². The standard InChI is InChI=1S/C12H6Cl2N4O2/c13-10-8-5-9(15-11(8)17-12(14)16-10)6-1-3-7(4-2-6)18(19)20/h1-5H,(H,15,16,17). The van der Waals surface area contributed by atoms with Crippen molar-refractivity contribution >= 4 is 39.9 Å². The van der Waals surface area contributed by atoms with Gasteiger partial charge in [0.2, 0.25) is 5.28 Å². The molecule has 20 heavy (non-hydrogen) atoms. The Balaban J connectivity index is 2.10. The number of hydrogen-bond donors (Lipinski definition) is 1. The first-order valence-electron chi connectivity index (χ1n) is 5.51. The number of aromatic amines is 1. The summed E-state index contributed by atoms with van der Waals surface area (Å²) in [5.74, 6) is 0. The van der Waals surface area contributed by atoms with E-state index in [4.69, 9.17) is 23.2 Å². The molecule has 0 saturated carbocycles. The predicted molar refractivity (Wildman–Crippen MR) is 76.0 cm³/mol. The van der Waals surface area contributed by atoms with E-state index < -0.39 is 4.92 Å². The lowest BCUT2D eigenvalue weighted by Gasteiger charge is -1.96. The van der Waals surface area contributed by atoms with Crippen molar-refractivity contribution in [1.29, 1.82) is 0 Å². The highest BCUT2D eigenvalue weighted by Crippen LogP contribution is 2.28. The maximum absolute atomic E-state index is 10.6. The van der Waals surface area contributed by atoms with Gasteiger partial charge in [0.25, 0.3) is 5.69 Å². The average Bonchev–Trinajstić information content (AvgIpc) is 2.83. The summed E-state index contributed by atoms with van der Waals surface area (Å²) < 4.78 is 0. The normalized spacial score (nSPS) is 10.9. The minimum atomic E-state index is -0.447.